The van der Waals surface area contributed by atoms with Crippen LogP contribution in [0, 0.1) is 0 Å². The third-order valence-corrected chi connectivity index (χ3v) is 6.96. The van der Waals surface area contributed by atoms with Crippen LogP contribution in [0.1, 0.15) is 46.2 Å². The molecule has 2 amide bonds. The van der Waals surface area contributed by atoms with E-state index in [2.05, 4.69) is 10.9 Å². The van der Waals surface area contributed by atoms with Crippen LogP contribution < -0.4 is 10.9 Å². The summed E-state index contributed by atoms with van der Waals surface area (Å²) in [6, 6.07) is 18.6. The number of benzene rings is 2. The molecule has 0 unspecified atom stereocenters. The van der Waals surface area contributed by atoms with E-state index in [9.17, 15) is 18.0 Å². The van der Waals surface area contributed by atoms with E-state index >= 15 is 0 Å². The predicted molar refractivity (Wildman–Crippen MR) is 114 cm³/mol. The zero-order valence-electron chi connectivity index (χ0n) is 16.7. The summed E-state index contributed by atoms with van der Waals surface area (Å²) in [4.78, 5) is 25.1. The van der Waals surface area contributed by atoms with Gasteiger partial charge in [-0.25, -0.2) is 8.42 Å². The Kier molecular flexibility index (Phi) is 5.90. The molecule has 7 nitrogen and oxygen atoms in total. The topological polar surface area (TPSA) is 105 Å². The molecule has 4 rings (SSSR count). The minimum Gasteiger partial charge on any atom is -0.455 e. The Morgan fingerprint density at radius 3 is 2.48 bits per heavy atom. The SMILES string of the molecule is O=C(NNC(=O)[C@H]1CCCc2ccccc21)c1ccc(CS(=O)(=O)c2ccccc2)o1. The van der Waals surface area contributed by atoms with E-state index in [0.717, 1.165) is 24.0 Å². The summed E-state index contributed by atoms with van der Waals surface area (Å²) in [5, 5.41) is 0. The van der Waals surface area contributed by atoms with E-state index in [1.807, 2.05) is 24.3 Å². The molecule has 1 heterocycles. The monoisotopic (exact) mass is 438 g/mol. The molecule has 8 heteroatoms. The van der Waals surface area contributed by atoms with Crippen molar-refractivity contribution in [2.75, 3.05) is 0 Å². The number of aryl methyl sites for hydroxylation is 1. The van der Waals surface area contributed by atoms with Gasteiger partial charge in [0.15, 0.2) is 15.6 Å². The first-order valence-electron chi connectivity index (χ1n) is 9.98. The maximum absolute atomic E-state index is 12.6. The zero-order chi connectivity index (χ0) is 21.8. The molecule has 2 N–H and O–H groups in total. The number of hydrogen-bond donors (Lipinski definition) is 2. The van der Waals surface area contributed by atoms with Gasteiger partial charge in [-0.2, -0.15) is 0 Å². The lowest BCUT2D eigenvalue weighted by atomic mass is 9.82. The van der Waals surface area contributed by atoms with E-state index in [1.165, 1.54) is 24.3 Å². The molecule has 0 radical (unpaired) electrons. The van der Waals surface area contributed by atoms with Crippen LogP contribution in [0.2, 0.25) is 0 Å². The first-order valence-corrected chi connectivity index (χ1v) is 11.6. The van der Waals surface area contributed by atoms with Crippen molar-refractivity contribution in [2.24, 2.45) is 0 Å². The molecule has 3 aromatic rings. The van der Waals surface area contributed by atoms with Gasteiger partial charge in [-0.15, -0.1) is 0 Å². The van der Waals surface area contributed by atoms with Crippen LogP contribution in [-0.4, -0.2) is 20.2 Å². The van der Waals surface area contributed by atoms with Crippen LogP contribution in [0.4, 0.5) is 0 Å². The Bertz CT molecular complexity index is 1200. The molecule has 0 aliphatic heterocycles. The molecule has 160 valence electrons. The number of amides is 2. The van der Waals surface area contributed by atoms with Crippen LogP contribution in [0.5, 0.6) is 0 Å². The third-order valence-electron chi connectivity index (χ3n) is 5.31. The molecule has 0 fully saturated rings. The van der Waals surface area contributed by atoms with Gasteiger partial charge in [-0.3, -0.25) is 20.4 Å². The van der Waals surface area contributed by atoms with Gasteiger partial charge < -0.3 is 4.42 Å². The zero-order valence-corrected chi connectivity index (χ0v) is 17.5. The number of hydrogen-bond acceptors (Lipinski definition) is 5. The number of fused-ring (bicyclic) bond motifs is 1. The molecule has 1 aliphatic carbocycles. The highest BCUT2D eigenvalue weighted by Crippen LogP contribution is 2.31. The van der Waals surface area contributed by atoms with E-state index < -0.39 is 15.7 Å². The van der Waals surface area contributed by atoms with Crippen LogP contribution in [-0.2, 0) is 26.8 Å². The maximum atomic E-state index is 12.6. The maximum Gasteiger partial charge on any atom is 0.305 e. The average Bonchev–Trinajstić information content (AvgIpc) is 3.25. The molecular formula is C23H22N2O5S. The number of carbonyl (C=O) groups excluding carboxylic acids is 2. The highest BCUT2D eigenvalue weighted by atomic mass is 32.2. The van der Waals surface area contributed by atoms with Crippen LogP contribution in [0.15, 0.2) is 76.0 Å². The highest BCUT2D eigenvalue weighted by molar-refractivity contribution is 7.90. The van der Waals surface area contributed by atoms with Crippen molar-refractivity contribution in [1.82, 2.24) is 10.9 Å². The lowest BCUT2D eigenvalue weighted by Gasteiger charge is -2.24. The molecule has 0 spiro atoms. The summed E-state index contributed by atoms with van der Waals surface area (Å²) in [5.41, 5.74) is 6.94. The molecule has 1 atom stereocenters. The summed E-state index contributed by atoms with van der Waals surface area (Å²) < 4.78 is 30.3. The molecule has 0 saturated carbocycles. The summed E-state index contributed by atoms with van der Waals surface area (Å²) in [5.74, 6) is -1.58. The predicted octanol–water partition coefficient (Wildman–Crippen LogP) is 3.13. The van der Waals surface area contributed by atoms with Crippen LogP contribution >= 0.6 is 0 Å². The molecule has 0 bridgehead atoms. The van der Waals surface area contributed by atoms with Crippen molar-refractivity contribution in [1.29, 1.82) is 0 Å². The average molecular weight is 439 g/mol. The van der Waals surface area contributed by atoms with Crippen molar-refractivity contribution in [2.45, 2.75) is 35.8 Å². The lowest BCUT2D eigenvalue weighted by molar-refractivity contribution is -0.123. The van der Waals surface area contributed by atoms with Gasteiger partial charge in [-0.1, -0.05) is 42.5 Å². The number of sulfone groups is 1. The largest absolute Gasteiger partial charge is 0.455 e. The number of carbonyl (C=O) groups is 2. The normalized spacial score (nSPS) is 15.7. The minimum atomic E-state index is -3.59. The molecule has 0 saturated heterocycles. The fourth-order valence-corrected chi connectivity index (χ4v) is 5.04. The first-order chi connectivity index (χ1) is 14.9. The van der Waals surface area contributed by atoms with Crippen LogP contribution in [0.25, 0.3) is 0 Å². The van der Waals surface area contributed by atoms with Gasteiger partial charge in [-0.05, 0) is 54.7 Å². The van der Waals surface area contributed by atoms with E-state index in [4.69, 9.17) is 4.42 Å². The number of rotatable bonds is 5. The van der Waals surface area contributed by atoms with Crippen molar-refractivity contribution >= 4 is 21.7 Å². The third kappa shape index (κ3) is 4.69. The standard InChI is InChI=1S/C23H22N2O5S/c26-22(20-12-6-8-16-7-4-5-11-19(16)20)24-25-23(27)21-14-13-17(30-21)15-31(28,29)18-9-2-1-3-10-18/h1-5,7,9-11,13-14,20H,6,8,12,15H2,(H,24,26)(H,25,27)/t20-/m0/s1. The quantitative estimate of drug-likeness (QED) is 0.596. The van der Waals surface area contributed by atoms with Crippen molar-refractivity contribution in [3.05, 3.63) is 89.4 Å². The lowest BCUT2D eigenvalue weighted by Crippen LogP contribution is -2.44. The van der Waals surface area contributed by atoms with Gasteiger partial charge in [0.05, 0.1) is 10.8 Å². The van der Waals surface area contributed by atoms with Gasteiger partial charge in [0.2, 0.25) is 5.91 Å². The summed E-state index contributed by atoms with van der Waals surface area (Å²) >= 11 is 0. The van der Waals surface area contributed by atoms with Crippen molar-refractivity contribution in [3.8, 4) is 0 Å². The van der Waals surface area contributed by atoms with Gasteiger partial charge in [0, 0.05) is 0 Å². The second-order valence-corrected chi connectivity index (χ2v) is 9.41. The fourth-order valence-electron chi connectivity index (χ4n) is 3.77. The highest BCUT2D eigenvalue weighted by Gasteiger charge is 2.27. The Morgan fingerprint density at radius 2 is 1.68 bits per heavy atom. The van der Waals surface area contributed by atoms with E-state index in [-0.39, 0.29) is 34.0 Å². The molecule has 1 aliphatic rings. The second kappa shape index (κ2) is 8.77. The number of nitrogens with one attached hydrogen (secondary N) is 2. The molecule has 1 aromatic heterocycles. The Hall–Kier alpha value is -3.39. The van der Waals surface area contributed by atoms with Gasteiger partial charge >= 0.3 is 5.91 Å². The van der Waals surface area contributed by atoms with E-state index in [0.29, 0.717) is 6.42 Å². The smallest absolute Gasteiger partial charge is 0.305 e. The summed E-state index contributed by atoms with van der Waals surface area (Å²) in [6.45, 7) is 0. The Labute approximate surface area is 180 Å². The molecular weight excluding hydrogens is 416 g/mol. The summed E-state index contributed by atoms with van der Waals surface area (Å²) in [7, 11) is -3.59. The van der Waals surface area contributed by atoms with Crippen LogP contribution in [0.3, 0.4) is 0 Å². The summed E-state index contributed by atoms with van der Waals surface area (Å²) in [6.07, 6.45) is 2.55. The first kappa shape index (κ1) is 20.9. The van der Waals surface area contributed by atoms with E-state index in [1.54, 1.807) is 18.2 Å². The Balaban J connectivity index is 1.37. The van der Waals surface area contributed by atoms with Crippen molar-refractivity contribution in [3.63, 3.8) is 0 Å². The molecule has 31 heavy (non-hydrogen) atoms. The number of hydrazine groups is 1. The van der Waals surface area contributed by atoms with Crippen molar-refractivity contribution < 1.29 is 22.4 Å². The Morgan fingerprint density at radius 1 is 0.935 bits per heavy atom. The minimum absolute atomic E-state index is 0.0809. The second-order valence-electron chi connectivity index (χ2n) is 7.43. The van der Waals surface area contributed by atoms with Gasteiger partial charge in [0.25, 0.3) is 0 Å². The van der Waals surface area contributed by atoms with Gasteiger partial charge in [0.1, 0.15) is 11.5 Å². The number of furan rings is 1. The fraction of sp³-hybridized carbons (Fsp3) is 0.217. The molecule has 2 aromatic carbocycles.